The van der Waals surface area contributed by atoms with E-state index in [-0.39, 0.29) is 5.91 Å². The molecule has 1 aliphatic carbocycles. The first-order valence-electron chi connectivity index (χ1n) is 8.40. The number of carbonyl (C=O) groups is 1. The smallest absolute Gasteiger partial charge is 0.253 e. The third-order valence-electron chi connectivity index (χ3n) is 4.10. The van der Waals surface area contributed by atoms with Crippen molar-refractivity contribution < 1.29 is 14.3 Å². The predicted molar refractivity (Wildman–Crippen MR) is 96.5 cm³/mol. The topological polar surface area (TPSA) is 72.5 Å². The number of nitrogens with one attached hydrogen (secondary N) is 2. The van der Waals surface area contributed by atoms with Gasteiger partial charge in [0.2, 0.25) is 0 Å². The van der Waals surface area contributed by atoms with Gasteiger partial charge >= 0.3 is 0 Å². The summed E-state index contributed by atoms with van der Waals surface area (Å²) in [6, 6.07) is 8.06. The molecule has 6 heteroatoms. The Labute approximate surface area is 147 Å². The number of benzene rings is 1. The standard InChI is InChI=1S/C19H23N3O3/c1-24-17-6-3-13(9-18(17)25-2)7-8-21-16-10-14(11-20-12-16)19(23)22-15-4-5-15/h3,6,9-12,15,21H,4-5,7-8H2,1-2H3,(H,22,23). The zero-order valence-electron chi connectivity index (χ0n) is 14.5. The van der Waals surface area contributed by atoms with Crippen molar-refractivity contribution in [2.24, 2.45) is 0 Å². The van der Waals surface area contributed by atoms with Crippen molar-refractivity contribution in [1.29, 1.82) is 0 Å². The number of pyridine rings is 1. The molecule has 0 aliphatic heterocycles. The van der Waals surface area contributed by atoms with Crippen molar-refractivity contribution in [2.45, 2.75) is 25.3 Å². The van der Waals surface area contributed by atoms with Gasteiger partial charge in [-0.25, -0.2) is 0 Å². The van der Waals surface area contributed by atoms with Crippen LogP contribution >= 0.6 is 0 Å². The molecule has 1 heterocycles. The summed E-state index contributed by atoms with van der Waals surface area (Å²) in [4.78, 5) is 16.2. The minimum Gasteiger partial charge on any atom is -0.493 e. The number of methoxy groups -OCH3 is 2. The highest BCUT2D eigenvalue weighted by atomic mass is 16.5. The molecule has 0 bridgehead atoms. The fourth-order valence-corrected chi connectivity index (χ4v) is 2.54. The highest BCUT2D eigenvalue weighted by molar-refractivity contribution is 5.95. The Morgan fingerprint density at radius 2 is 1.96 bits per heavy atom. The maximum atomic E-state index is 12.1. The van der Waals surface area contributed by atoms with Gasteiger partial charge in [0.05, 0.1) is 25.5 Å². The maximum Gasteiger partial charge on any atom is 0.253 e. The monoisotopic (exact) mass is 341 g/mol. The van der Waals surface area contributed by atoms with Crippen molar-refractivity contribution in [3.63, 3.8) is 0 Å². The average Bonchev–Trinajstić information content (AvgIpc) is 3.45. The molecule has 1 aliphatic rings. The van der Waals surface area contributed by atoms with Crippen LogP contribution in [0.1, 0.15) is 28.8 Å². The number of aromatic nitrogens is 1. The van der Waals surface area contributed by atoms with E-state index in [2.05, 4.69) is 15.6 Å². The molecule has 3 rings (SSSR count). The van der Waals surface area contributed by atoms with Crippen LogP contribution in [0.25, 0.3) is 0 Å². The summed E-state index contributed by atoms with van der Waals surface area (Å²) in [7, 11) is 3.25. The molecule has 0 spiro atoms. The third kappa shape index (κ3) is 4.62. The minimum atomic E-state index is -0.0569. The van der Waals surface area contributed by atoms with Crippen molar-refractivity contribution in [1.82, 2.24) is 10.3 Å². The summed E-state index contributed by atoms with van der Waals surface area (Å²) in [6.07, 6.45) is 6.28. The van der Waals surface area contributed by atoms with E-state index in [1.54, 1.807) is 26.6 Å². The highest BCUT2D eigenvalue weighted by Gasteiger charge is 2.23. The van der Waals surface area contributed by atoms with Crippen LogP contribution < -0.4 is 20.1 Å². The molecule has 1 aromatic carbocycles. The number of rotatable bonds is 8. The Bertz CT molecular complexity index is 744. The van der Waals surface area contributed by atoms with Crippen molar-refractivity contribution in [3.05, 3.63) is 47.8 Å². The number of anilines is 1. The van der Waals surface area contributed by atoms with Gasteiger partial charge in [-0.2, -0.15) is 0 Å². The summed E-state index contributed by atoms with van der Waals surface area (Å²) in [5.41, 5.74) is 2.56. The number of nitrogens with zero attached hydrogens (tertiary/aromatic N) is 1. The van der Waals surface area contributed by atoms with Crippen LogP contribution in [0, 0.1) is 0 Å². The quantitative estimate of drug-likeness (QED) is 0.772. The first-order valence-corrected chi connectivity index (χ1v) is 8.40. The van der Waals surface area contributed by atoms with Gasteiger partial charge in [0.25, 0.3) is 5.91 Å². The van der Waals surface area contributed by atoms with Crippen LogP contribution in [0.3, 0.4) is 0 Å². The molecule has 0 unspecified atom stereocenters. The Kier molecular flexibility index (Phi) is 5.38. The second-order valence-electron chi connectivity index (χ2n) is 6.08. The van der Waals surface area contributed by atoms with E-state index < -0.39 is 0 Å². The number of hydrogen-bond acceptors (Lipinski definition) is 5. The molecule has 1 saturated carbocycles. The van der Waals surface area contributed by atoms with Crippen LogP contribution in [-0.2, 0) is 6.42 Å². The summed E-state index contributed by atoms with van der Waals surface area (Å²) >= 11 is 0. The van der Waals surface area contributed by atoms with Crippen LogP contribution in [-0.4, -0.2) is 37.7 Å². The lowest BCUT2D eigenvalue weighted by Gasteiger charge is -2.11. The molecule has 1 aromatic heterocycles. The van der Waals surface area contributed by atoms with Gasteiger partial charge in [-0.05, 0) is 43.0 Å². The van der Waals surface area contributed by atoms with E-state index in [0.29, 0.717) is 11.6 Å². The Hall–Kier alpha value is -2.76. The zero-order valence-corrected chi connectivity index (χ0v) is 14.5. The van der Waals surface area contributed by atoms with E-state index in [1.165, 1.54) is 0 Å². The lowest BCUT2D eigenvalue weighted by molar-refractivity contribution is 0.0950. The Morgan fingerprint density at radius 1 is 1.16 bits per heavy atom. The summed E-state index contributed by atoms with van der Waals surface area (Å²) in [5, 5.41) is 6.28. The maximum absolute atomic E-state index is 12.1. The van der Waals surface area contributed by atoms with Gasteiger partial charge in [-0.3, -0.25) is 9.78 Å². The van der Waals surface area contributed by atoms with Crippen LogP contribution in [0.5, 0.6) is 11.5 Å². The van der Waals surface area contributed by atoms with Gasteiger partial charge in [0.15, 0.2) is 11.5 Å². The van der Waals surface area contributed by atoms with E-state index in [4.69, 9.17) is 9.47 Å². The lowest BCUT2D eigenvalue weighted by Crippen LogP contribution is -2.25. The summed E-state index contributed by atoms with van der Waals surface area (Å²) in [5.74, 6) is 1.39. The molecule has 1 fully saturated rings. The van der Waals surface area contributed by atoms with E-state index in [0.717, 1.165) is 48.6 Å². The highest BCUT2D eigenvalue weighted by Crippen LogP contribution is 2.27. The van der Waals surface area contributed by atoms with Crippen molar-refractivity contribution in [3.8, 4) is 11.5 Å². The largest absolute Gasteiger partial charge is 0.493 e. The fourth-order valence-electron chi connectivity index (χ4n) is 2.54. The van der Waals surface area contributed by atoms with Gasteiger partial charge < -0.3 is 20.1 Å². The molecule has 1 amide bonds. The van der Waals surface area contributed by atoms with Crippen molar-refractivity contribution in [2.75, 3.05) is 26.1 Å². The number of carbonyl (C=O) groups excluding carboxylic acids is 1. The predicted octanol–water partition coefficient (Wildman–Crippen LogP) is 2.65. The fraction of sp³-hybridized carbons (Fsp3) is 0.368. The molecular formula is C19H23N3O3. The van der Waals surface area contributed by atoms with Gasteiger partial charge in [-0.15, -0.1) is 0 Å². The molecule has 25 heavy (non-hydrogen) atoms. The Balaban J connectivity index is 1.55. The molecule has 2 N–H and O–H groups in total. The third-order valence-corrected chi connectivity index (χ3v) is 4.10. The second-order valence-corrected chi connectivity index (χ2v) is 6.08. The van der Waals surface area contributed by atoms with Crippen molar-refractivity contribution >= 4 is 11.6 Å². The average molecular weight is 341 g/mol. The number of ether oxygens (including phenoxy) is 2. The van der Waals surface area contributed by atoms with E-state index in [9.17, 15) is 4.79 Å². The van der Waals surface area contributed by atoms with Gasteiger partial charge in [0.1, 0.15) is 0 Å². The first kappa shape index (κ1) is 17.1. The summed E-state index contributed by atoms with van der Waals surface area (Å²) in [6.45, 7) is 0.727. The first-order chi connectivity index (χ1) is 12.2. The molecule has 0 atom stereocenters. The van der Waals surface area contributed by atoms with Crippen LogP contribution in [0.4, 0.5) is 5.69 Å². The normalized spacial score (nSPS) is 13.2. The number of hydrogen-bond donors (Lipinski definition) is 2. The van der Waals surface area contributed by atoms with Crippen LogP contribution in [0.2, 0.25) is 0 Å². The Morgan fingerprint density at radius 3 is 2.68 bits per heavy atom. The van der Waals surface area contributed by atoms with Crippen LogP contribution in [0.15, 0.2) is 36.7 Å². The molecular weight excluding hydrogens is 318 g/mol. The summed E-state index contributed by atoms with van der Waals surface area (Å²) < 4.78 is 10.6. The minimum absolute atomic E-state index is 0.0569. The van der Waals surface area contributed by atoms with E-state index in [1.807, 2.05) is 24.3 Å². The number of amides is 1. The second kappa shape index (κ2) is 7.88. The zero-order chi connectivity index (χ0) is 17.6. The van der Waals surface area contributed by atoms with E-state index >= 15 is 0 Å². The SMILES string of the molecule is COc1ccc(CCNc2cncc(C(=O)NC3CC3)c2)cc1OC. The molecule has 132 valence electrons. The molecule has 6 nitrogen and oxygen atoms in total. The van der Waals surface area contributed by atoms with Gasteiger partial charge in [-0.1, -0.05) is 6.07 Å². The lowest BCUT2D eigenvalue weighted by atomic mass is 10.1. The molecule has 0 saturated heterocycles. The van der Waals surface area contributed by atoms with Gasteiger partial charge in [0, 0.05) is 25.0 Å². The molecule has 0 radical (unpaired) electrons. The molecule has 2 aromatic rings.